The van der Waals surface area contributed by atoms with E-state index in [2.05, 4.69) is 27.9 Å². The average Bonchev–Trinajstić information content (AvgIpc) is 2.89. The molecule has 0 aromatic carbocycles. The molecule has 1 aliphatic heterocycles. The van der Waals surface area contributed by atoms with Crippen LogP contribution in [-0.4, -0.2) is 62.3 Å². The van der Waals surface area contributed by atoms with Crippen LogP contribution in [0.2, 0.25) is 0 Å². The van der Waals surface area contributed by atoms with Crippen LogP contribution in [-0.2, 0) is 9.53 Å². The Morgan fingerprint density at radius 2 is 2.14 bits per heavy atom. The number of amides is 1. The van der Waals surface area contributed by atoms with Gasteiger partial charge in [0.2, 0.25) is 5.91 Å². The third-order valence-corrected chi connectivity index (χ3v) is 4.82. The molecular formula is C14H29IN4O2S. The summed E-state index contributed by atoms with van der Waals surface area (Å²) in [5.74, 6) is 1.84. The van der Waals surface area contributed by atoms with E-state index in [0.29, 0.717) is 19.1 Å². The molecule has 1 aliphatic rings. The highest BCUT2D eigenvalue weighted by atomic mass is 127. The van der Waals surface area contributed by atoms with Crippen molar-refractivity contribution in [2.45, 2.75) is 31.4 Å². The van der Waals surface area contributed by atoms with Gasteiger partial charge in [-0.2, -0.15) is 11.8 Å². The quantitative estimate of drug-likeness (QED) is 0.227. The van der Waals surface area contributed by atoms with Crippen molar-refractivity contribution in [3.05, 3.63) is 0 Å². The zero-order valence-electron chi connectivity index (χ0n) is 13.7. The number of thioether (sulfide) groups is 1. The van der Waals surface area contributed by atoms with Crippen LogP contribution in [0.5, 0.6) is 0 Å². The molecule has 0 radical (unpaired) electrons. The number of rotatable bonds is 8. The minimum absolute atomic E-state index is 0. The van der Waals surface area contributed by atoms with Gasteiger partial charge in [0, 0.05) is 31.5 Å². The normalized spacial score (nSPS) is 21.1. The molecule has 1 fully saturated rings. The van der Waals surface area contributed by atoms with Gasteiger partial charge in [0.05, 0.1) is 6.61 Å². The van der Waals surface area contributed by atoms with Crippen LogP contribution >= 0.6 is 35.7 Å². The molecule has 6 nitrogen and oxygen atoms in total. The first kappa shape index (κ1) is 21.8. The third kappa shape index (κ3) is 9.04. The van der Waals surface area contributed by atoms with Crippen molar-refractivity contribution in [2.75, 3.05) is 45.6 Å². The van der Waals surface area contributed by atoms with Crippen LogP contribution in [0.25, 0.3) is 0 Å². The second kappa shape index (κ2) is 12.2. The Labute approximate surface area is 155 Å². The van der Waals surface area contributed by atoms with Crippen molar-refractivity contribution in [1.29, 1.82) is 0 Å². The van der Waals surface area contributed by atoms with Crippen LogP contribution in [0.15, 0.2) is 4.99 Å². The van der Waals surface area contributed by atoms with E-state index in [-0.39, 0.29) is 41.2 Å². The van der Waals surface area contributed by atoms with Gasteiger partial charge < -0.3 is 20.7 Å². The Morgan fingerprint density at radius 1 is 1.36 bits per heavy atom. The van der Waals surface area contributed by atoms with E-state index in [1.165, 1.54) is 18.6 Å². The zero-order valence-corrected chi connectivity index (χ0v) is 16.9. The van der Waals surface area contributed by atoms with E-state index in [9.17, 15) is 4.79 Å². The first-order chi connectivity index (χ1) is 10.1. The van der Waals surface area contributed by atoms with Gasteiger partial charge in [-0.15, -0.1) is 24.0 Å². The molecule has 130 valence electrons. The van der Waals surface area contributed by atoms with Gasteiger partial charge in [-0.3, -0.25) is 4.79 Å². The van der Waals surface area contributed by atoms with Crippen molar-refractivity contribution in [3.8, 4) is 0 Å². The third-order valence-electron chi connectivity index (χ3n) is 3.28. The molecule has 1 saturated heterocycles. The number of carbonyl (C=O) groups excluding carboxylic acids is 1. The van der Waals surface area contributed by atoms with Crippen LogP contribution in [0.3, 0.4) is 0 Å². The monoisotopic (exact) mass is 444 g/mol. The molecule has 1 amide bonds. The molecule has 1 rings (SSSR count). The fourth-order valence-electron chi connectivity index (χ4n) is 2.09. The Morgan fingerprint density at radius 3 is 2.73 bits per heavy atom. The fraction of sp³-hybridized carbons (Fsp3) is 0.857. The average molecular weight is 444 g/mol. The number of guanidine groups is 1. The molecule has 22 heavy (non-hydrogen) atoms. The van der Waals surface area contributed by atoms with Gasteiger partial charge in [-0.1, -0.05) is 0 Å². The molecule has 1 heterocycles. The molecule has 8 heteroatoms. The summed E-state index contributed by atoms with van der Waals surface area (Å²) in [4.78, 5) is 15.9. The summed E-state index contributed by atoms with van der Waals surface area (Å²) < 4.78 is 5.16. The molecule has 0 aliphatic carbocycles. The SMILES string of the molecule is CCNC(=NCC(=O)NCCOC)NCC1(C)CCCS1.I. The van der Waals surface area contributed by atoms with E-state index in [0.717, 1.165) is 13.1 Å². The molecule has 0 aromatic rings. The highest BCUT2D eigenvalue weighted by molar-refractivity contribution is 14.0. The van der Waals surface area contributed by atoms with Gasteiger partial charge >= 0.3 is 0 Å². The van der Waals surface area contributed by atoms with Gasteiger partial charge in [0.25, 0.3) is 0 Å². The summed E-state index contributed by atoms with van der Waals surface area (Å²) in [5, 5.41) is 9.27. The summed E-state index contributed by atoms with van der Waals surface area (Å²) in [7, 11) is 1.61. The maximum atomic E-state index is 11.6. The maximum Gasteiger partial charge on any atom is 0.241 e. The number of nitrogens with one attached hydrogen (secondary N) is 3. The van der Waals surface area contributed by atoms with Crippen molar-refractivity contribution >= 4 is 47.6 Å². The van der Waals surface area contributed by atoms with Gasteiger partial charge in [0.1, 0.15) is 6.54 Å². The lowest BCUT2D eigenvalue weighted by atomic mass is 10.1. The first-order valence-corrected chi connectivity index (χ1v) is 8.50. The van der Waals surface area contributed by atoms with Crippen LogP contribution in [0.4, 0.5) is 0 Å². The minimum Gasteiger partial charge on any atom is -0.383 e. The lowest BCUT2D eigenvalue weighted by Gasteiger charge is -2.24. The number of aliphatic imine (C=N–C) groups is 1. The lowest BCUT2D eigenvalue weighted by molar-refractivity contribution is -0.119. The Balaban J connectivity index is 0.00000441. The molecule has 3 N–H and O–H groups in total. The maximum absolute atomic E-state index is 11.6. The molecule has 0 aromatic heterocycles. The largest absolute Gasteiger partial charge is 0.383 e. The topological polar surface area (TPSA) is 74.8 Å². The standard InChI is InChI=1S/C14H28N4O2S.HI/c1-4-15-13(17-10-12(19)16-7-8-20-3)18-11-14(2)6-5-9-21-14;/h4-11H2,1-3H3,(H,16,19)(H2,15,17,18);1H. The summed E-state index contributed by atoms with van der Waals surface area (Å²) >= 11 is 2.00. The van der Waals surface area contributed by atoms with E-state index in [4.69, 9.17) is 4.74 Å². The Bertz CT molecular complexity index is 350. The van der Waals surface area contributed by atoms with Crippen molar-refractivity contribution < 1.29 is 9.53 Å². The van der Waals surface area contributed by atoms with Crippen molar-refractivity contribution in [2.24, 2.45) is 4.99 Å². The van der Waals surface area contributed by atoms with Crippen molar-refractivity contribution in [1.82, 2.24) is 16.0 Å². The number of hydrogen-bond donors (Lipinski definition) is 3. The smallest absolute Gasteiger partial charge is 0.241 e. The molecule has 0 bridgehead atoms. The summed E-state index contributed by atoms with van der Waals surface area (Å²) in [6, 6.07) is 0. The van der Waals surface area contributed by atoms with Gasteiger partial charge in [-0.25, -0.2) is 4.99 Å². The van der Waals surface area contributed by atoms with E-state index in [1.54, 1.807) is 7.11 Å². The summed E-state index contributed by atoms with van der Waals surface area (Å²) in [5.41, 5.74) is 0. The highest BCUT2D eigenvalue weighted by Crippen LogP contribution is 2.36. The zero-order chi connectivity index (χ0) is 15.6. The molecule has 1 unspecified atom stereocenters. The number of hydrogen-bond acceptors (Lipinski definition) is 4. The van der Waals surface area contributed by atoms with Gasteiger partial charge in [-0.05, 0) is 32.4 Å². The Kier molecular flexibility index (Phi) is 12.1. The van der Waals surface area contributed by atoms with E-state index < -0.39 is 0 Å². The summed E-state index contributed by atoms with van der Waals surface area (Å²) in [6.07, 6.45) is 2.50. The van der Waals surface area contributed by atoms with E-state index >= 15 is 0 Å². The number of nitrogens with zero attached hydrogens (tertiary/aromatic N) is 1. The molecular weight excluding hydrogens is 415 g/mol. The second-order valence-corrected chi connectivity index (χ2v) is 6.98. The number of halogens is 1. The minimum atomic E-state index is -0.0919. The number of carbonyl (C=O) groups is 1. The molecule has 0 saturated carbocycles. The lowest BCUT2D eigenvalue weighted by Crippen LogP contribution is -2.44. The molecule has 0 spiro atoms. The number of methoxy groups -OCH3 is 1. The second-order valence-electron chi connectivity index (χ2n) is 5.29. The predicted octanol–water partition coefficient (Wildman–Crippen LogP) is 1.21. The Hall–Kier alpha value is -0.220. The van der Waals surface area contributed by atoms with Crippen LogP contribution < -0.4 is 16.0 Å². The molecule has 1 atom stereocenters. The summed E-state index contributed by atoms with van der Waals surface area (Å²) in [6.45, 7) is 7.10. The first-order valence-electron chi connectivity index (χ1n) is 7.51. The van der Waals surface area contributed by atoms with Crippen LogP contribution in [0, 0.1) is 0 Å². The highest BCUT2D eigenvalue weighted by Gasteiger charge is 2.29. The van der Waals surface area contributed by atoms with Crippen molar-refractivity contribution in [3.63, 3.8) is 0 Å². The number of ether oxygens (including phenoxy) is 1. The van der Waals surface area contributed by atoms with E-state index in [1.807, 2.05) is 18.7 Å². The van der Waals surface area contributed by atoms with Crippen LogP contribution in [0.1, 0.15) is 26.7 Å². The van der Waals surface area contributed by atoms with Gasteiger partial charge in [0.15, 0.2) is 5.96 Å². The fourth-order valence-corrected chi connectivity index (χ4v) is 3.33. The predicted molar refractivity (Wildman–Crippen MR) is 104 cm³/mol.